The largest absolute Gasteiger partial charge is 0.433 e. The Hall–Kier alpha value is -1.81. The molecule has 98 valence electrons. The van der Waals surface area contributed by atoms with Gasteiger partial charge in [0.1, 0.15) is 17.6 Å². The second kappa shape index (κ2) is 5.69. The first-order chi connectivity index (χ1) is 8.42. The summed E-state index contributed by atoms with van der Waals surface area (Å²) < 4.78 is 37.4. The van der Waals surface area contributed by atoms with E-state index in [4.69, 9.17) is 10.4 Å². The Bertz CT molecular complexity index is 450. The van der Waals surface area contributed by atoms with Crippen molar-refractivity contribution < 1.29 is 18.3 Å². The van der Waals surface area contributed by atoms with Crippen LogP contribution in [-0.4, -0.2) is 22.7 Å². The van der Waals surface area contributed by atoms with Gasteiger partial charge in [-0.05, 0) is 18.6 Å². The molecule has 0 bridgehead atoms. The maximum atomic E-state index is 12.5. The number of anilines is 1. The van der Waals surface area contributed by atoms with Crippen molar-refractivity contribution in [3.8, 4) is 6.07 Å². The zero-order valence-corrected chi connectivity index (χ0v) is 9.62. The highest BCUT2D eigenvalue weighted by atomic mass is 19.4. The smallest absolute Gasteiger partial charge is 0.394 e. The Balaban J connectivity index is 3.11. The molecule has 1 heterocycles. The van der Waals surface area contributed by atoms with Gasteiger partial charge in [0, 0.05) is 0 Å². The first-order valence-corrected chi connectivity index (χ1v) is 5.28. The number of nitrogens with zero attached hydrogens (tertiary/aromatic N) is 2. The van der Waals surface area contributed by atoms with Gasteiger partial charge in [0.2, 0.25) is 0 Å². The lowest BCUT2D eigenvalue weighted by Crippen LogP contribution is -2.24. The SMILES string of the molecule is CCC(CO)Nc1nc(C(F)(F)F)ccc1C#N. The second-order valence-corrected chi connectivity index (χ2v) is 3.63. The number of nitriles is 1. The van der Waals surface area contributed by atoms with E-state index in [1.54, 1.807) is 13.0 Å². The fourth-order valence-electron chi connectivity index (χ4n) is 1.29. The predicted octanol–water partition coefficient (Wildman–Crippen LogP) is 2.15. The van der Waals surface area contributed by atoms with Crippen molar-refractivity contribution in [2.45, 2.75) is 25.6 Å². The Kier molecular flexibility index (Phi) is 4.50. The van der Waals surface area contributed by atoms with Gasteiger partial charge in [0.15, 0.2) is 0 Å². The number of nitrogens with one attached hydrogen (secondary N) is 1. The topological polar surface area (TPSA) is 68.9 Å². The lowest BCUT2D eigenvalue weighted by Gasteiger charge is -2.16. The minimum atomic E-state index is -4.56. The van der Waals surface area contributed by atoms with Crippen molar-refractivity contribution >= 4 is 5.82 Å². The molecule has 18 heavy (non-hydrogen) atoms. The van der Waals surface area contributed by atoms with Crippen LogP contribution >= 0.6 is 0 Å². The Morgan fingerprint density at radius 2 is 2.17 bits per heavy atom. The van der Waals surface area contributed by atoms with Crippen molar-refractivity contribution in [1.29, 1.82) is 5.26 Å². The van der Waals surface area contributed by atoms with Crippen molar-refractivity contribution in [3.63, 3.8) is 0 Å². The summed E-state index contributed by atoms with van der Waals surface area (Å²) in [5.74, 6) is -0.159. The van der Waals surface area contributed by atoms with Crippen molar-refractivity contribution in [2.75, 3.05) is 11.9 Å². The van der Waals surface area contributed by atoms with Gasteiger partial charge >= 0.3 is 6.18 Å². The number of aromatic nitrogens is 1. The maximum Gasteiger partial charge on any atom is 0.433 e. The van der Waals surface area contributed by atoms with Crippen LogP contribution in [0.3, 0.4) is 0 Å². The summed E-state index contributed by atoms with van der Waals surface area (Å²) in [4.78, 5) is 3.38. The van der Waals surface area contributed by atoms with Crippen molar-refractivity contribution in [3.05, 3.63) is 23.4 Å². The second-order valence-electron chi connectivity index (χ2n) is 3.63. The Morgan fingerprint density at radius 3 is 2.61 bits per heavy atom. The molecule has 0 saturated heterocycles. The number of alkyl halides is 3. The van der Waals surface area contributed by atoms with Crippen LogP contribution in [0.25, 0.3) is 0 Å². The van der Waals surface area contributed by atoms with E-state index >= 15 is 0 Å². The fourth-order valence-corrected chi connectivity index (χ4v) is 1.29. The fraction of sp³-hybridized carbons (Fsp3) is 0.455. The summed E-state index contributed by atoms with van der Waals surface area (Å²) in [6.45, 7) is 1.51. The third kappa shape index (κ3) is 3.34. The van der Waals surface area contributed by atoms with Gasteiger partial charge in [0.05, 0.1) is 18.2 Å². The summed E-state index contributed by atoms with van der Waals surface area (Å²) in [5.41, 5.74) is -1.06. The molecule has 0 aliphatic carbocycles. The van der Waals surface area contributed by atoms with Gasteiger partial charge in [-0.25, -0.2) is 4.98 Å². The minimum Gasteiger partial charge on any atom is -0.394 e. The van der Waals surface area contributed by atoms with Gasteiger partial charge in [-0.1, -0.05) is 6.92 Å². The number of pyridine rings is 1. The molecule has 1 unspecified atom stereocenters. The summed E-state index contributed by atoms with van der Waals surface area (Å²) in [6.07, 6.45) is -4.06. The number of aliphatic hydroxyl groups excluding tert-OH is 1. The summed E-state index contributed by atoms with van der Waals surface area (Å²) in [5, 5.41) is 20.4. The van der Waals surface area contributed by atoms with Crippen LogP contribution in [0.5, 0.6) is 0 Å². The zero-order chi connectivity index (χ0) is 13.8. The van der Waals surface area contributed by atoms with Gasteiger partial charge in [-0.15, -0.1) is 0 Å². The molecule has 0 aromatic carbocycles. The standard InChI is InChI=1S/C11H12F3N3O/c1-2-8(6-18)16-10-7(5-15)3-4-9(17-10)11(12,13)14/h3-4,8,18H,2,6H2,1H3,(H,16,17). The monoisotopic (exact) mass is 259 g/mol. The van der Waals surface area contributed by atoms with Crippen LogP contribution in [0.15, 0.2) is 12.1 Å². The molecule has 0 fully saturated rings. The van der Waals surface area contributed by atoms with E-state index in [1.165, 1.54) is 0 Å². The highest BCUT2D eigenvalue weighted by Crippen LogP contribution is 2.29. The van der Waals surface area contributed by atoms with Crippen LogP contribution in [0.2, 0.25) is 0 Å². The van der Waals surface area contributed by atoms with E-state index in [9.17, 15) is 13.2 Å². The molecular weight excluding hydrogens is 247 g/mol. The van der Waals surface area contributed by atoms with Gasteiger partial charge in [-0.2, -0.15) is 18.4 Å². The molecule has 0 radical (unpaired) electrons. The van der Waals surface area contributed by atoms with E-state index in [-0.39, 0.29) is 18.0 Å². The average molecular weight is 259 g/mol. The van der Waals surface area contributed by atoms with Crippen molar-refractivity contribution in [1.82, 2.24) is 4.98 Å². The van der Waals surface area contributed by atoms with Crippen molar-refractivity contribution in [2.24, 2.45) is 0 Å². The minimum absolute atomic E-state index is 0.00917. The average Bonchev–Trinajstić information content (AvgIpc) is 2.34. The summed E-state index contributed by atoms with van der Waals surface area (Å²) in [6, 6.07) is 3.13. The molecule has 0 saturated carbocycles. The normalized spacial score (nSPS) is 12.9. The Morgan fingerprint density at radius 1 is 1.50 bits per heavy atom. The van der Waals surface area contributed by atoms with Gasteiger partial charge in [-0.3, -0.25) is 0 Å². The van der Waals surface area contributed by atoms with E-state index in [1.807, 2.05) is 0 Å². The van der Waals surface area contributed by atoms with Gasteiger partial charge < -0.3 is 10.4 Å². The third-order valence-corrected chi connectivity index (χ3v) is 2.36. The predicted molar refractivity (Wildman–Crippen MR) is 58.7 cm³/mol. The van der Waals surface area contributed by atoms with E-state index in [0.29, 0.717) is 6.42 Å². The lowest BCUT2D eigenvalue weighted by molar-refractivity contribution is -0.141. The van der Waals surface area contributed by atoms with Gasteiger partial charge in [0.25, 0.3) is 0 Å². The molecule has 0 amide bonds. The quantitative estimate of drug-likeness (QED) is 0.869. The highest BCUT2D eigenvalue weighted by Gasteiger charge is 2.33. The van der Waals surface area contributed by atoms with Crippen LogP contribution < -0.4 is 5.32 Å². The molecule has 7 heteroatoms. The van der Waals surface area contributed by atoms with Crippen LogP contribution in [0, 0.1) is 11.3 Å². The molecule has 1 rings (SSSR count). The number of hydrogen-bond donors (Lipinski definition) is 2. The lowest BCUT2D eigenvalue weighted by atomic mass is 10.2. The summed E-state index contributed by atoms with van der Waals surface area (Å²) >= 11 is 0. The first kappa shape index (κ1) is 14.3. The highest BCUT2D eigenvalue weighted by molar-refractivity contribution is 5.53. The maximum absolute atomic E-state index is 12.5. The van der Waals surface area contributed by atoms with E-state index in [2.05, 4.69) is 10.3 Å². The number of aliphatic hydroxyl groups is 1. The molecule has 1 aromatic rings. The molecule has 2 N–H and O–H groups in total. The third-order valence-electron chi connectivity index (χ3n) is 2.36. The molecule has 4 nitrogen and oxygen atoms in total. The van der Waals surface area contributed by atoms with Crippen LogP contribution in [0.1, 0.15) is 24.6 Å². The molecule has 1 aromatic heterocycles. The molecule has 0 spiro atoms. The number of hydrogen-bond acceptors (Lipinski definition) is 4. The molecule has 0 aliphatic rings. The zero-order valence-electron chi connectivity index (χ0n) is 9.62. The van der Waals surface area contributed by atoms with E-state index in [0.717, 1.165) is 12.1 Å². The Labute approximate surface area is 102 Å². The van der Waals surface area contributed by atoms with E-state index < -0.39 is 17.9 Å². The van der Waals surface area contributed by atoms with Crippen LogP contribution in [-0.2, 0) is 6.18 Å². The molecule has 0 aliphatic heterocycles. The molecular formula is C11H12F3N3O. The molecule has 1 atom stereocenters. The number of halogens is 3. The summed E-state index contributed by atoms with van der Waals surface area (Å²) in [7, 11) is 0. The first-order valence-electron chi connectivity index (χ1n) is 5.28. The van der Waals surface area contributed by atoms with Crippen LogP contribution in [0.4, 0.5) is 19.0 Å². The number of rotatable bonds is 4.